The molecule has 9 heavy (non-hydrogen) atoms. The van der Waals surface area contributed by atoms with Gasteiger partial charge in [-0.15, -0.1) is 0 Å². The predicted octanol–water partition coefficient (Wildman–Crippen LogP) is 1.14. The van der Waals surface area contributed by atoms with Gasteiger partial charge in [0.25, 0.3) is 0 Å². The second kappa shape index (κ2) is 2.67. The Bertz CT molecular complexity index is 67.9. The van der Waals surface area contributed by atoms with Gasteiger partial charge in [-0.05, 0) is 19.3 Å². The molecule has 0 aromatic carbocycles. The van der Waals surface area contributed by atoms with Gasteiger partial charge in [0.1, 0.15) is 0 Å². The summed E-state index contributed by atoms with van der Waals surface area (Å²) < 4.78 is 5.11. The molecule has 1 fully saturated rings. The van der Waals surface area contributed by atoms with E-state index in [2.05, 4.69) is 6.92 Å². The highest BCUT2D eigenvalue weighted by atomic mass is 16.6. The van der Waals surface area contributed by atoms with E-state index >= 15 is 0 Å². The van der Waals surface area contributed by atoms with E-state index in [0.717, 1.165) is 12.8 Å². The zero-order chi connectivity index (χ0) is 6.85. The first-order valence-corrected chi connectivity index (χ1v) is 3.52. The standard InChI is InChI=1S/C7H14O2/c1-5-3-6(2)9-7(8)4-5/h5-8H,3-4H2,1-2H3. The summed E-state index contributed by atoms with van der Waals surface area (Å²) in [4.78, 5) is 0. The van der Waals surface area contributed by atoms with Gasteiger partial charge in [0.15, 0.2) is 6.29 Å². The molecule has 0 aromatic heterocycles. The van der Waals surface area contributed by atoms with Gasteiger partial charge in [0.2, 0.25) is 0 Å². The molecule has 2 nitrogen and oxygen atoms in total. The first kappa shape index (κ1) is 7.03. The van der Waals surface area contributed by atoms with E-state index in [1.165, 1.54) is 0 Å². The first-order valence-electron chi connectivity index (χ1n) is 3.52. The third kappa shape index (κ3) is 1.95. The largest absolute Gasteiger partial charge is 0.368 e. The average Bonchev–Trinajstić information content (AvgIpc) is 1.59. The van der Waals surface area contributed by atoms with E-state index in [4.69, 9.17) is 9.84 Å². The van der Waals surface area contributed by atoms with E-state index in [0.29, 0.717) is 5.92 Å². The highest BCUT2D eigenvalue weighted by molar-refractivity contribution is 4.66. The van der Waals surface area contributed by atoms with Gasteiger partial charge in [0.05, 0.1) is 6.10 Å². The first-order chi connectivity index (χ1) is 4.18. The summed E-state index contributed by atoms with van der Waals surface area (Å²) in [5.74, 6) is 0.615. The van der Waals surface area contributed by atoms with Crippen molar-refractivity contribution in [1.82, 2.24) is 0 Å². The van der Waals surface area contributed by atoms with Crippen molar-refractivity contribution in [3.8, 4) is 0 Å². The maximum Gasteiger partial charge on any atom is 0.155 e. The fourth-order valence-corrected chi connectivity index (χ4v) is 1.39. The lowest BCUT2D eigenvalue weighted by molar-refractivity contribution is -0.169. The van der Waals surface area contributed by atoms with Crippen LogP contribution in [0.25, 0.3) is 0 Å². The number of hydrogen-bond donors (Lipinski definition) is 1. The maximum absolute atomic E-state index is 9.03. The van der Waals surface area contributed by atoms with Crippen molar-refractivity contribution in [3.05, 3.63) is 0 Å². The smallest absolute Gasteiger partial charge is 0.155 e. The molecule has 1 N–H and O–H groups in total. The quantitative estimate of drug-likeness (QED) is 0.533. The summed E-state index contributed by atoms with van der Waals surface area (Å²) in [6.45, 7) is 4.14. The molecule has 3 atom stereocenters. The van der Waals surface area contributed by atoms with Crippen molar-refractivity contribution < 1.29 is 9.84 Å². The summed E-state index contributed by atoms with van der Waals surface area (Å²) in [6.07, 6.45) is 1.61. The number of aliphatic hydroxyl groups is 1. The minimum atomic E-state index is -0.510. The van der Waals surface area contributed by atoms with Crippen LogP contribution in [-0.2, 0) is 4.74 Å². The Kier molecular flexibility index (Phi) is 2.09. The summed E-state index contributed by atoms with van der Waals surface area (Å²) in [5.41, 5.74) is 0. The van der Waals surface area contributed by atoms with Gasteiger partial charge in [-0.3, -0.25) is 0 Å². The molecular weight excluding hydrogens is 116 g/mol. The molecule has 0 bridgehead atoms. The molecular formula is C7H14O2. The van der Waals surface area contributed by atoms with Crippen molar-refractivity contribution in [2.24, 2.45) is 5.92 Å². The van der Waals surface area contributed by atoms with Crippen LogP contribution in [0.15, 0.2) is 0 Å². The van der Waals surface area contributed by atoms with E-state index in [1.54, 1.807) is 0 Å². The lowest BCUT2D eigenvalue weighted by atomic mass is 9.98. The van der Waals surface area contributed by atoms with Crippen LogP contribution in [0.5, 0.6) is 0 Å². The zero-order valence-corrected chi connectivity index (χ0v) is 6.00. The molecule has 0 radical (unpaired) electrons. The second-order valence-electron chi connectivity index (χ2n) is 2.98. The number of ether oxygens (including phenoxy) is 1. The van der Waals surface area contributed by atoms with Crippen LogP contribution >= 0.6 is 0 Å². The van der Waals surface area contributed by atoms with Crippen LogP contribution in [0.3, 0.4) is 0 Å². The van der Waals surface area contributed by atoms with Crippen molar-refractivity contribution >= 4 is 0 Å². The van der Waals surface area contributed by atoms with Crippen molar-refractivity contribution in [3.63, 3.8) is 0 Å². The molecule has 0 aromatic rings. The molecule has 1 rings (SSSR count). The van der Waals surface area contributed by atoms with E-state index < -0.39 is 6.29 Å². The van der Waals surface area contributed by atoms with Crippen LogP contribution in [-0.4, -0.2) is 17.5 Å². The molecule has 1 aliphatic heterocycles. The van der Waals surface area contributed by atoms with Gasteiger partial charge in [-0.1, -0.05) is 6.92 Å². The summed E-state index contributed by atoms with van der Waals surface area (Å²) in [5, 5.41) is 9.03. The molecule has 1 heterocycles. The predicted molar refractivity (Wildman–Crippen MR) is 35.0 cm³/mol. The molecule has 1 saturated heterocycles. The number of aliphatic hydroxyl groups excluding tert-OH is 1. The third-order valence-electron chi connectivity index (χ3n) is 1.73. The van der Waals surface area contributed by atoms with Crippen LogP contribution < -0.4 is 0 Å². The Morgan fingerprint density at radius 2 is 2.00 bits per heavy atom. The van der Waals surface area contributed by atoms with Crippen molar-refractivity contribution in [1.29, 1.82) is 0 Å². The Morgan fingerprint density at radius 3 is 2.44 bits per heavy atom. The fourth-order valence-electron chi connectivity index (χ4n) is 1.39. The van der Waals surface area contributed by atoms with Crippen molar-refractivity contribution in [2.75, 3.05) is 0 Å². The monoisotopic (exact) mass is 130 g/mol. The van der Waals surface area contributed by atoms with Gasteiger partial charge in [-0.25, -0.2) is 0 Å². The summed E-state index contributed by atoms with van der Waals surface area (Å²) in [6, 6.07) is 0. The normalized spacial score (nSPS) is 45.0. The minimum absolute atomic E-state index is 0.240. The van der Waals surface area contributed by atoms with Gasteiger partial charge >= 0.3 is 0 Å². The highest BCUT2D eigenvalue weighted by Crippen LogP contribution is 2.22. The van der Waals surface area contributed by atoms with E-state index in [1.807, 2.05) is 6.92 Å². The molecule has 0 spiro atoms. The lowest BCUT2D eigenvalue weighted by Gasteiger charge is -2.28. The average molecular weight is 130 g/mol. The van der Waals surface area contributed by atoms with Crippen molar-refractivity contribution in [2.45, 2.75) is 39.1 Å². The van der Waals surface area contributed by atoms with Gasteiger partial charge in [0, 0.05) is 6.42 Å². The van der Waals surface area contributed by atoms with Crippen LogP contribution in [0, 0.1) is 5.92 Å². The molecule has 3 unspecified atom stereocenters. The van der Waals surface area contributed by atoms with Crippen LogP contribution in [0.4, 0.5) is 0 Å². The van der Waals surface area contributed by atoms with Crippen LogP contribution in [0.1, 0.15) is 26.7 Å². The third-order valence-corrected chi connectivity index (χ3v) is 1.73. The molecule has 0 saturated carbocycles. The number of hydrogen-bond acceptors (Lipinski definition) is 2. The SMILES string of the molecule is CC1CC(C)OC(O)C1. The summed E-state index contributed by atoms with van der Waals surface area (Å²) >= 11 is 0. The Labute approximate surface area is 55.8 Å². The Hall–Kier alpha value is -0.0800. The molecule has 0 aliphatic carbocycles. The Balaban J connectivity index is 2.34. The molecule has 0 amide bonds. The highest BCUT2D eigenvalue weighted by Gasteiger charge is 2.21. The summed E-state index contributed by atoms with van der Waals surface area (Å²) in [7, 11) is 0. The number of rotatable bonds is 0. The topological polar surface area (TPSA) is 29.5 Å². The lowest BCUT2D eigenvalue weighted by Crippen LogP contribution is -2.29. The molecule has 1 aliphatic rings. The van der Waals surface area contributed by atoms with Crippen LogP contribution in [0.2, 0.25) is 0 Å². The zero-order valence-electron chi connectivity index (χ0n) is 6.00. The maximum atomic E-state index is 9.03. The second-order valence-corrected chi connectivity index (χ2v) is 2.98. The fraction of sp³-hybridized carbons (Fsp3) is 1.00. The molecule has 54 valence electrons. The van der Waals surface area contributed by atoms with E-state index in [9.17, 15) is 0 Å². The van der Waals surface area contributed by atoms with E-state index in [-0.39, 0.29) is 6.10 Å². The van der Waals surface area contributed by atoms with Gasteiger partial charge in [-0.2, -0.15) is 0 Å². The van der Waals surface area contributed by atoms with Gasteiger partial charge < -0.3 is 9.84 Å². The molecule has 2 heteroatoms. The minimum Gasteiger partial charge on any atom is -0.368 e. The Morgan fingerprint density at radius 1 is 1.33 bits per heavy atom.